The molecule has 0 aliphatic carbocycles. The molecule has 0 N–H and O–H groups in total. The molecule has 1 aromatic carbocycles. The van der Waals surface area contributed by atoms with Crippen LogP contribution < -0.4 is 14.2 Å². The van der Waals surface area contributed by atoms with E-state index < -0.39 is 0 Å². The smallest absolute Gasteiger partial charge is 0.264 e. The molecule has 0 fully saturated rings. The summed E-state index contributed by atoms with van der Waals surface area (Å²) in [5, 5.41) is 3.85. The fourth-order valence-corrected chi connectivity index (χ4v) is 1.94. The highest BCUT2D eigenvalue weighted by Gasteiger charge is 2.14. The SMILES string of the molecule is COc1cccc(OCc2nc(-c3cnccn3)no2)c1OC. The summed E-state index contributed by atoms with van der Waals surface area (Å²) in [7, 11) is 3.11. The Morgan fingerprint density at radius 2 is 1.96 bits per heavy atom. The van der Waals surface area contributed by atoms with Crippen LogP contribution in [0.2, 0.25) is 0 Å². The zero-order valence-corrected chi connectivity index (χ0v) is 12.6. The van der Waals surface area contributed by atoms with Gasteiger partial charge in [-0.05, 0) is 12.1 Å². The molecule has 2 aromatic heterocycles. The van der Waals surface area contributed by atoms with Gasteiger partial charge in [0.1, 0.15) is 5.69 Å². The van der Waals surface area contributed by atoms with Gasteiger partial charge in [0.15, 0.2) is 18.1 Å². The molecule has 0 radical (unpaired) electrons. The van der Waals surface area contributed by atoms with Gasteiger partial charge in [0.05, 0.1) is 20.4 Å². The van der Waals surface area contributed by atoms with Crippen molar-refractivity contribution in [3.8, 4) is 28.8 Å². The predicted molar refractivity (Wildman–Crippen MR) is 79.2 cm³/mol. The molecule has 0 atom stereocenters. The minimum atomic E-state index is 0.0940. The summed E-state index contributed by atoms with van der Waals surface area (Å²) < 4.78 is 21.3. The van der Waals surface area contributed by atoms with Crippen molar-refractivity contribution in [2.24, 2.45) is 0 Å². The molecule has 0 amide bonds. The van der Waals surface area contributed by atoms with Crippen molar-refractivity contribution in [1.82, 2.24) is 20.1 Å². The molecule has 118 valence electrons. The number of ether oxygens (including phenoxy) is 3. The fourth-order valence-electron chi connectivity index (χ4n) is 1.94. The maximum atomic E-state index is 5.67. The lowest BCUT2D eigenvalue weighted by molar-refractivity contribution is 0.230. The molecule has 0 aliphatic rings. The van der Waals surface area contributed by atoms with Gasteiger partial charge in [-0.1, -0.05) is 11.2 Å². The van der Waals surface area contributed by atoms with E-state index in [-0.39, 0.29) is 6.61 Å². The Bertz CT molecular complexity index is 776. The first-order chi connectivity index (χ1) is 11.3. The van der Waals surface area contributed by atoms with Crippen molar-refractivity contribution in [2.45, 2.75) is 6.61 Å². The Morgan fingerprint density at radius 1 is 1.09 bits per heavy atom. The molecule has 0 saturated carbocycles. The Labute approximate surface area is 132 Å². The van der Waals surface area contributed by atoms with Gasteiger partial charge >= 0.3 is 0 Å². The van der Waals surface area contributed by atoms with Gasteiger partial charge in [0.2, 0.25) is 11.6 Å². The van der Waals surface area contributed by atoms with Gasteiger partial charge in [-0.15, -0.1) is 0 Å². The van der Waals surface area contributed by atoms with E-state index in [9.17, 15) is 0 Å². The Balaban J connectivity index is 1.73. The van der Waals surface area contributed by atoms with E-state index in [4.69, 9.17) is 18.7 Å². The number of methoxy groups -OCH3 is 2. The summed E-state index contributed by atoms with van der Waals surface area (Å²) in [6.07, 6.45) is 4.69. The first-order valence-electron chi connectivity index (χ1n) is 6.74. The minimum absolute atomic E-state index is 0.0940. The summed E-state index contributed by atoms with van der Waals surface area (Å²) in [6.45, 7) is 0.0940. The van der Waals surface area contributed by atoms with Crippen molar-refractivity contribution < 1.29 is 18.7 Å². The van der Waals surface area contributed by atoms with Crippen LogP contribution in [0.5, 0.6) is 17.2 Å². The van der Waals surface area contributed by atoms with Crippen molar-refractivity contribution >= 4 is 0 Å². The van der Waals surface area contributed by atoms with Crippen LogP contribution in [0.4, 0.5) is 0 Å². The minimum Gasteiger partial charge on any atom is -0.493 e. The van der Waals surface area contributed by atoms with Gasteiger partial charge in [0, 0.05) is 12.4 Å². The van der Waals surface area contributed by atoms with Gasteiger partial charge in [-0.2, -0.15) is 4.98 Å². The number of hydrogen-bond acceptors (Lipinski definition) is 8. The van der Waals surface area contributed by atoms with Crippen LogP contribution in [0.25, 0.3) is 11.5 Å². The van der Waals surface area contributed by atoms with Crippen LogP contribution in [0.1, 0.15) is 5.89 Å². The van der Waals surface area contributed by atoms with Crippen molar-refractivity contribution in [2.75, 3.05) is 14.2 Å². The lowest BCUT2D eigenvalue weighted by Gasteiger charge is -2.12. The van der Waals surface area contributed by atoms with Gasteiger partial charge in [0.25, 0.3) is 5.89 Å². The van der Waals surface area contributed by atoms with Crippen LogP contribution in [0, 0.1) is 0 Å². The van der Waals surface area contributed by atoms with E-state index in [0.29, 0.717) is 34.7 Å². The molecule has 0 spiro atoms. The molecule has 0 bridgehead atoms. The molecule has 3 rings (SSSR count). The molecule has 0 aliphatic heterocycles. The summed E-state index contributed by atoms with van der Waals surface area (Å²) in [5.41, 5.74) is 0.529. The normalized spacial score (nSPS) is 10.3. The second-order valence-corrected chi connectivity index (χ2v) is 4.38. The Hall–Kier alpha value is -3.16. The van der Waals surface area contributed by atoms with Crippen molar-refractivity contribution in [1.29, 1.82) is 0 Å². The third kappa shape index (κ3) is 3.20. The van der Waals surface area contributed by atoms with Gasteiger partial charge in [-0.25, -0.2) is 4.98 Å². The zero-order chi connectivity index (χ0) is 16.1. The van der Waals surface area contributed by atoms with Crippen LogP contribution >= 0.6 is 0 Å². The average Bonchev–Trinajstić information content (AvgIpc) is 3.09. The van der Waals surface area contributed by atoms with E-state index in [0.717, 1.165) is 0 Å². The topological polar surface area (TPSA) is 92.4 Å². The Kier molecular flexibility index (Phi) is 4.32. The third-order valence-electron chi connectivity index (χ3n) is 2.98. The van der Waals surface area contributed by atoms with Crippen LogP contribution in [0.15, 0.2) is 41.3 Å². The lowest BCUT2D eigenvalue weighted by Crippen LogP contribution is -1.99. The summed E-state index contributed by atoms with van der Waals surface area (Å²) in [6, 6.07) is 5.35. The fraction of sp³-hybridized carbons (Fsp3) is 0.200. The van der Waals surface area contributed by atoms with Crippen LogP contribution in [-0.4, -0.2) is 34.3 Å². The number of aromatic nitrogens is 4. The summed E-state index contributed by atoms with van der Waals surface area (Å²) >= 11 is 0. The van der Waals surface area contributed by atoms with E-state index >= 15 is 0 Å². The molecule has 0 saturated heterocycles. The number of rotatable bonds is 6. The molecule has 8 heteroatoms. The molecule has 0 unspecified atom stereocenters. The molecular weight excluding hydrogens is 300 g/mol. The molecule has 8 nitrogen and oxygen atoms in total. The summed E-state index contributed by atoms with van der Waals surface area (Å²) in [5.74, 6) is 2.27. The monoisotopic (exact) mass is 314 g/mol. The van der Waals surface area contributed by atoms with Crippen LogP contribution in [0.3, 0.4) is 0 Å². The van der Waals surface area contributed by atoms with Crippen molar-refractivity contribution in [3.63, 3.8) is 0 Å². The first-order valence-corrected chi connectivity index (χ1v) is 6.74. The number of hydrogen-bond donors (Lipinski definition) is 0. The highest BCUT2D eigenvalue weighted by molar-refractivity contribution is 5.51. The van der Waals surface area contributed by atoms with E-state index in [1.165, 1.54) is 0 Å². The highest BCUT2D eigenvalue weighted by atomic mass is 16.5. The predicted octanol–water partition coefficient (Wildman–Crippen LogP) is 2.12. The van der Waals surface area contributed by atoms with E-state index in [2.05, 4.69) is 20.1 Å². The standard InChI is InChI=1S/C15H14N4O4/c1-20-11-4-3-5-12(14(11)21-2)22-9-13-18-15(19-23-13)10-8-16-6-7-17-10/h3-8H,9H2,1-2H3. The maximum Gasteiger partial charge on any atom is 0.264 e. The molecule has 2 heterocycles. The molecular formula is C15H14N4O4. The maximum absolute atomic E-state index is 5.67. The number of para-hydroxylation sites is 1. The van der Waals surface area contributed by atoms with E-state index in [1.807, 2.05) is 0 Å². The summed E-state index contributed by atoms with van der Waals surface area (Å²) in [4.78, 5) is 12.3. The quantitative estimate of drug-likeness (QED) is 0.683. The first kappa shape index (κ1) is 14.8. The molecule has 3 aromatic rings. The third-order valence-corrected chi connectivity index (χ3v) is 2.98. The second kappa shape index (κ2) is 6.73. The highest BCUT2D eigenvalue weighted by Crippen LogP contribution is 2.36. The zero-order valence-electron chi connectivity index (χ0n) is 12.6. The Morgan fingerprint density at radius 3 is 2.70 bits per heavy atom. The van der Waals surface area contributed by atoms with Crippen LogP contribution in [-0.2, 0) is 6.61 Å². The number of benzene rings is 1. The number of nitrogens with zero attached hydrogens (tertiary/aromatic N) is 4. The largest absolute Gasteiger partial charge is 0.493 e. The second-order valence-electron chi connectivity index (χ2n) is 4.38. The van der Waals surface area contributed by atoms with E-state index in [1.54, 1.807) is 51.0 Å². The average molecular weight is 314 g/mol. The van der Waals surface area contributed by atoms with Crippen molar-refractivity contribution in [3.05, 3.63) is 42.7 Å². The van der Waals surface area contributed by atoms with Gasteiger partial charge < -0.3 is 18.7 Å². The molecule has 23 heavy (non-hydrogen) atoms. The lowest BCUT2D eigenvalue weighted by atomic mass is 10.3. The van der Waals surface area contributed by atoms with Gasteiger partial charge in [-0.3, -0.25) is 4.98 Å².